The Hall–Kier alpha value is -2.64. The zero-order valence-corrected chi connectivity index (χ0v) is 14.6. The van der Waals surface area contributed by atoms with Gasteiger partial charge in [0, 0.05) is 18.5 Å². The largest absolute Gasteiger partial charge is 0.417 e. The molecule has 1 fully saturated rings. The van der Waals surface area contributed by atoms with Gasteiger partial charge in [-0.1, -0.05) is 31.7 Å². The van der Waals surface area contributed by atoms with Crippen LogP contribution >= 0.6 is 0 Å². The molecule has 8 heteroatoms. The number of nitrogens with one attached hydrogen (secondary N) is 1. The van der Waals surface area contributed by atoms with Crippen molar-refractivity contribution in [2.24, 2.45) is 5.92 Å². The highest BCUT2D eigenvalue weighted by Gasteiger charge is 2.33. The number of aromatic nitrogens is 2. The van der Waals surface area contributed by atoms with E-state index in [0.29, 0.717) is 12.2 Å². The molecule has 0 bridgehead atoms. The number of amides is 1. The van der Waals surface area contributed by atoms with Crippen molar-refractivity contribution in [3.8, 4) is 0 Å². The maximum absolute atomic E-state index is 13.1. The number of pyridine rings is 2. The average Bonchev–Trinajstić information content (AvgIpc) is 3.13. The summed E-state index contributed by atoms with van der Waals surface area (Å²) >= 11 is 0. The highest BCUT2D eigenvalue weighted by Crippen LogP contribution is 2.33. The summed E-state index contributed by atoms with van der Waals surface area (Å²) in [6.45, 7) is 0. The van der Waals surface area contributed by atoms with Crippen molar-refractivity contribution in [3.05, 3.63) is 58.6 Å². The molecule has 1 saturated carbocycles. The first-order chi connectivity index (χ1) is 12.8. The van der Waals surface area contributed by atoms with Crippen LogP contribution in [0.5, 0.6) is 0 Å². The molecule has 1 amide bonds. The summed E-state index contributed by atoms with van der Waals surface area (Å²) in [5.74, 6) is -0.0492. The quantitative estimate of drug-likeness (QED) is 0.853. The lowest BCUT2D eigenvalue weighted by Gasteiger charge is -2.23. The van der Waals surface area contributed by atoms with Crippen molar-refractivity contribution in [1.82, 2.24) is 9.55 Å². The Balaban J connectivity index is 1.94. The molecule has 0 aliphatic heterocycles. The first-order valence-electron chi connectivity index (χ1n) is 8.86. The summed E-state index contributed by atoms with van der Waals surface area (Å²) in [6.07, 6.45) is 1.82. The van der Waals surface area contributed by atoms with E-state index in [1.165, 1.54) is 6.20 Å². The monoisotopic (exact) mass is 379 g/mol. The Bertz CT molecular complexity index is 843. The Morgan fingerprint density at radius 2 is 1.96 bits per heavy atom. The average molecular weight is 379 g/mol. The highest BCUT2D eigenvalue weighted by atomic mass is 19.4. The fourth-order valence-corrected chi connectivity index (χ4v) is 3.47. The van der Waals surface area contributed by atoms with Crippen molar-refractivity contribution < 1.29 is 18.0 Å². The molecule has 144 valence electrons. The van der Waals surface area contributed by atoms with E-state index in [4.69, 9.17) is 0 Å². The minimum Gasteiger partial charge on any atom is -0.309 e. The number of anilines is 1. The molecule has 1 aliphatic carbocycles. The van der Waals surface area contributed by atoms with Gasteiger partial charge in [0.15, 0.2) is 0 Å². The van der Waals surface area contributed by atoms with Crippen LogP contribution < -0.4 is 10.9 Å². The van der Waals surface area contributed by atoms with Crippen LogP contribution in [0.15, 0.2) is 47.5 Å². The van der Waals surface area contributed by atoms with Crippen LogP contribution in [0.2, 0.25) is 0 Å². The molecular formula is C19H20F3N3O2. The van der Waals surface area contributed by atoms with Gasteiger partial charge in [-0.15, -0.1) is 0 Å². The number of carbonyl (C=O) groups is 1. The molecule has 3 rings (SSSR count). The normalized spacial score (nSPS) is 16.3. The van der Waals surface area contributed by atoms with Gasteiger partial charge >= 0.3 is 6.18 Å². The molecule has 0 spiro atoms. The third-order valence-corrected chi connectivity index (χ3v) is 4.85. The van der Waals surface area contributed by atoms with Crippen molar-refractivity contribution in [3.63, 3.8) is 0 Å². The number of hydrogen-bond acceptors (Lipinski definition) is 3. The summed E-state index contributed by atoms with van der Waals surface area (Å²) < 4.78 is 40.2. The third kappa shape index (κ3) is 4.75. The van der Waals surface area contributed by atoms with Gasteiger partial charge in [0.05, 0.1) is 5.56 Å². The molecule has 2 aromatic rings. The zero-order valence-electron chi connectivity index (χ0n) is 14.6. The van der Waals surface area contributed by atoms with Crippen molar-refractivity contribution >= 4 is 11.7 Å². The molecule has 1 atom stereocenters. The van der Waals surface area contributed by atoms with Crippen LogP contribution in [0.3, 0.4) is 0 Å². The van der Waals surface area contributed by atoms with Crippen molar-refractivity contribution in [1.29, 1.82) is 0 Å². The van der Waals surface area contributed by atoms with E-state index in [1.807, 2.05) is 0 Å². The summed E-state index contributed by atoms with van der Waals surface area (Å²) in [6, 6.07) is 5.53. The topological polar surface area (TPSA) is 64.0 Å². The predicted molar refractivity (Wildman–Crippen MR) is 94.2 cm³/mol. The van der Waals surface area contributed by atoms with Crippen LogP contribution in [0.4, 0.5) is 19.0 Å². The second-order valence-corrected chi connectivity index (χ2v) is 6.77. The van der Waals surface area contributed by atoms with Gasteiger partial charge in [0.25, 0.3) is 5.56 Å². The fourth-order valence-electron chi connectivity index (χ4n) is 3.47. The lowest BCUT2D eigenvalue weighted by atomic mass is 9.97. The lowest BCUT2D eigenvalue weighted by molar-refractivity contribution is -0.138. The van der Waals surface area contributed by atoms with Crippen LogP contribution in [0.25, 0.3) is 0 Å². The Kier molecular flexibility index (Phi) is 5.62. The summed E-state index contributed by atoms with van der Waals surface area (Å²) in [7, 11) is 0. The lowest BCUT2D eigenvalue weighted by Crippen LogP contribution is -2.35. The minimum absolute atomic E-state index is 0.200. The summed E-state index contributed by atoms with van der Waals surface area (Å²) in [4.78, 5) is 29.1. The number of carbonyl (C=O) groups excluding carboxylic acids is 1. The fraction of sp³-hybridized carbons (Fsp3) is 0.421. The van der Waals surface area contributed by atoms with Crippen LogP contribution in [0.1, 0.15) is 43.7 Å². The second kappa shape index (κ2) is 7.94. The van der Waals surface area contributed by atoms with Crippen LogP contribution in [-0.4, -0.2) is 15.5 Å². The molecule has 0 aromatic carbocycles. The van der Waals surface area contributed by atoms with E-state index in [2.05, 4.69) is 10.3 Å². The molecule has 2 heterocycles. The zero-order chi connectivity index (χ0) is 19.4. The highest BCUT2D eigenvalue weighted by molar-refractivity contribution is 5.92. The van der Waals surface area contributed by atoms with E-state index in [-0.39, 0.29) is 5.92 Å². The van der Waals surface area contributed by atoms with Crippen LogP contribution in [-0.2, 0) is 11.0 Å². The SMILES string of the molecule is O=C(Nc1ccccn1)C(CC1CCCC1)n1cc(C(F)(F)F)ccc1=O. The van der Waals surface area contributed by atoms with Gasteiger partial charge in [0.1, 0.15) is 11.9 Å². The van der Waals surface area contributed by atoms with Gasteiger partial charge in [0.2, 0.25) is 5.91 Å². The Labute approximate surface area is 154 Å². The molecule has 2 aromatic heterocycles. The van der Waals surface area contributed by atoms with E-state index in [9.17, 15) is 22.8 Å². The number of nitrogens with zero attached hydrogens (tertiary/aromatic N) is 2. The van der Waals surface area contributed by atoms with Crippen molar-refractivity contribution in [2.75, 3.05) is 5.32 Å². The van der Waals surface area contributed by atoms with Crippen LogP contribution in [0, 0.1) is 5.92 Å². The smallest absolute Gasteiger partial charge is 0.309 e. The van der Waals surface area contributed by atoms with Gasteiger partial charge in [-0.3, -0.25) is 9.59 Å². The number of rotatable bonds is 5. The van der Waals surface area contributed by atoms with Gasteiger partial charge < -0.3 is 9.88 Å². The maximum Gasteiger partial charge on any atom is 0.417 e. The predicted octanol–water partition coefficient (Wildman–Crippen LogP) is 4.02. The minimum atomic E-state index is -4.59. The summed E-state index contributed by atoms with van der Waals surface area (Å²) in [5, 5.41) is 2.61. The van der Waals surface area contributed by atoms with E-state index >= 15 is 0 Å². The van der Waals surface area contributed by atoms with Gasteiger partial charge in [-0.05, 0) is 30.5 Å². The molecule has 0 saturated heterocycles. The second-order valence-electron chi connectivity index (χ2n) is 6.77. The molecule has 1 N–H and O–H groups in total. The third-order valence-electron chi connectivity index (χ3n) is 4.85. The number of hydrogen-bond donors (Lipinski definition) is 1. The first kappa shape index (κ1) is 19.1. The summed E-state index contributed by atoms with van der Waals surface area (Å²) in [5.41, 5.74) is -1.59. The molecule has 1 unspecified atom stereocenters. The van der Waals surface area contributed by atoms with E-state index < -0.39 is 29.2 Å². The number of halogens is 3. The first-order valence-corrected chi connectivity index (χ1v) is 8.86. The molecule has 0 radical (unpaired) electrons. The van der Waals surface area contributed by atoms with Crippen molar-refractivity contribution in [2.45, 2.75) is 44.3 Å². The standard InChI is InChI=1S/C19H20F3N3O2/c20-19(21,22)14-8-9-17(26)25(12-14)15(11-13-5-1-2-6-13)18(27)24-16-7-3-4-10-23-16/h3-4,7-10,12-13,15H,1-2,5-6,11H2,(H,23,24,27). The van der Waals surface area contributed by atoms with E-state index in [1.54, 1.807) is 18.2 Å². The maximum atomic E-state index is 13.1. The molecular weight excluding hydrogens is 359 g/mol. The molecule has 27 heavy (non-hydrogen) atoms. The number of alkyl halides is 3. The van der Waals surface area contributed by atoms with Gasteiger partial charge in [-0.2, -0.15) is 13.2 Å². The van der Waals surface area contributed by atoms with Gasteiger partial charge in [-0.25, -0.2) is 4.98 Å². The molecule has 1 aliphatic rings. The Morgan fingerprint density at radius 1 is 1.22 bits per heavy atom. The molecule has 5 nitrogen and oxygen atoms in total. The Morgan fingerprint density at radius 3 is 2.59 bits per heavy atom. The van der Waals surface area contributed by atoms with E-state index in [0.717, 1.165) is 48.6 Å².